The molecule has 1 saturated heterocycles. The fourth-order valence-corrected chi connectivity index (χ4v) is 2.45. The van der Waals surface area contributed by atoms with Crippen molar-refractivity contribution < 1.29 is 14.6 Å². The van der Waals surface area contributed by atoms with Gasteiger partial charge in [-0.05, 0) is 12.5 Å². The normalized spacial score (nSPS) is 17.7. The van der Waals surface area contributed by atoms with Crippen LogP contribution in [0.15, 0.2) is 18.2 Å². The summed E-state index contributed by atoms with van der Waals surface area (Å²) in [6, 6.07) is 4.39. The lowest BCUT2D eigenvalue weighted by atomic mass is 10.0. The second kappa shape index (κ2) is 7.53. The Morgan fingerprint density at radius 1 is 1.26 bits per heavy atom. The molecule has 108 valence electrons. The lowest BCUT2D eigenvalue weighted by Gasteiger charge is -2.35. The molecule has 0 saturated carbocycles. The van der Waals surface area contributed by atoms with Crippen molar-refractivity contribution in [2.75, 3.05) is 32.9 Å². The van der Waals surface area contributed by atoms with E-state index in [4.69, 9.17) is 0 Å². The van der Waals surface area contributed by atoms with Crippen LogP contribution in [0, 0.1) is 0 Å². The minimum Gasteiger partial charge on any atom is -0.508 e. The molecule has 2 rings (SSSR count). The molecule has 0 unspecified atom stereocenters. The molecular formula is C13H20ClFN2O2. The predicted octanol–water partition coefficient (Wildman–Crippen LogP) is 1.83. The molecule has 1 heterocycles. The summed E-state index contributed by atoms with van der Waals surface area (Å²) in [6.45, 7) is 3.01. The summed E-state index contributed by atoms with van der Waals surface area (Å²) in [7, 11) is 0. The van der Waals surface area contributed by atoms with Gasteiger partial charge in [0.1, 0.15) is 11.5 Å². The first kappa shape index (κ1) is 16.0. The van der Waals surface area contributed by atoms with E-state index < -0.39 is 6.67 Å². The second-order valence-corrected chi connectivity index (χ2v) is 4.52. The minimum absolute atomic E-state index is 0. The number of aromatic hydroxyl groups is 2. The van der Waals surface area contributed by atoms with Crippen LogP contribution in [0.3, 0.4) is 0 Å². The van der Waals surface area contributed by atoms with E-state index in [1.165, 1.54) is 12.1 Å². The van der Waals surface area contributed by atoms with Gasteiger partial charge in [0.25, 0.3) is 0 Å². The zero-order valence-electron chi connectivity index (χ0n) is 10.7. The maximum Gasteiger partial charge on any atom is 0.124 e. The SMILES string of the molecule is Cl.Oc1ccc([C@H](CCF)N2CCNCC2)c(O)c1. The number of benzene rings is 1. The lowest BCUT2D eigenvalue weighted by Crippen LogP contribution is -2.45. The van der Waals surface area contributed by atoms with E-state index in [1.54, 1.807) is 6.07 Å². The van der Waals surface area contributed by atoms with Crippen molar-refractivity contribution >= 4 is 12.4 Å². The van der Waals surface area contributed by atoms with Crippen LogP contribution < -0.4 is 5.32 Å². The van der Waals surface area contributed by atoms with Crippen LogP contribution in [0.5, 0.6) is 11.5 Å². The van der Waals surface area contributed by atoms with Gasteiger partial charge in [0, 0.05) is 43.9 Å². The van der Waals surface area contributed by atoms with Crippen molar-refractivity contribution in [3.8, 4) is 11.5 Å². The first-order valence-electron chi connectivity index (χ1n) is 6.25. The summed E-state index contributed by atoms with van der Waals surface area (Å²) in [5.74, 6) is 0.0579. The molecule has 3 N–H and O–H groups in total. The van der Waals surface area contributed by atoms with Crippen LogP contribution in [0.25, 0.3) is 0 Å². The molecule has 6 heteroatoms. The van der Waals surface area contributed by atoms with Gasteiger partial charge >= 0.3 is 0 Å². The molecule has 0 spiro atoms. The highest BCUT2D eigenvalue weighted by molar-refractivity contribution is 5.85. The monoisotopic (exact) mass is 290 g/mol. The summed E-state index contributed by atoms with van der Waals surface area (Å²) < 4.78 is 12.7. The summed E-state index contributed by atoms with van der Waals surface area (Å²) in [5, 5.41) is 22.4. The minimum atomic E-state index is -0.422. The highest BCUT2D eigenvalue weighted by Crippen LogP contribution is 2.33. The largest absolute Gasteiger partial charge is 0.508 e. The Morgan fingerprint density at radius 3 is 2.53 bits per heavy atom. The van der Waals surface area contributed by atoms with Crippen molar-refractivity contribution in [2.45, 2.75) is 12.5 Å². The van der Waals surface area contributed by atoms with Gasteiger partial charge in [0.2, 0.25) is 0 Å². The lowest BCUT2D eigenvalue weighted by molar-refractivity contribution is 0.155. The van der Waals surface area contributed by atoms with E-state index in [1.807, 2.05) is 0 Å². The summed E-state index contributed by atoms with van der Waals surface area (Å²) in [6.07, 6.45) is 0.359. The average molecular weight is 291 g/mol. The van der Waals surface area contributed by atoms with Crippen molar-refractivity contribution in [3.63, 3.8) is 0 Å². The summed E-state index contributed by atoms with van der Waals surface area (Å²) in [4.78, 5) is 2.17. The van der Waals surface area contributed by atoms with Crippen molar-refractivity contribution in [2.24, 2.45) is 0 Å². The molecule has 1 atom stereocenters. The van der Waals surface area contributed by atoms with E-state index in [9.17, 15) is 14.6 Å². The number of phenolic OH excluding ortho intramolecular Hbond substituents is 2. The number of phenols is 2. The molecule has 0 aromatic heterocycles. The van der Waals surface area contributed by atoms with Crippen molar-refractivity contribution in [1.29, 1.82) is 0 Å². The van der Waals surface area contributed by atoms with E-state index in [0.717, 1.165) is 26.2 Å². The first-order chi connectivity index (χ1) is 8.72. The zero-order chi connectivity index (χ0) is 13.0. The number of piperazine rings is 1. The van der Waals surface area contributed by atoms with E-state index >= 15 is 0 Å². The van der Waals surface area contributed by atoms with Gasteiger partial charge in [0.05, 0.1) is 6.67 Å². The molecule has 0 aliphatic carbocycles. The molecule has 0 radical (unpaired) electrons. The quantitative estimate of drug-likeness (QED) is 0.792. The Bertz CT molecular complexity index is 400. The fourth-order valence-electron chi connectivity index (χ4n) is 2.45. The second-order valence-electron chi connectivity index (χ2n) is 4.52. The smallest absolute Gasteiger partial charge is 0.124 e. The molecule has 1 fully saturated rings. The van der Waals surface area contributed by atoms with Crippen molar-refractivity contribution in [3.05, 3.63) is 23.8 Å². The molecule has 0 bridgehead atoms. The highest BCUT2D eigenvalue weighted by atomic mass is 35.5. The zero-order valence-corrected chi connectivity index (χ0v) is 11.5. The third-order valence-electron chi connectivity index (χ3n) is 3.35. The molecule has 1 aliphatic rings. The van der Waals surface area contributed by atoms with E-state index in [-0.39, 0.29) is 29.9 Å². The Morgan fingerprint density at radius 2 is 1.95 bits per heavy atom. The molecule has 1 aromatic rings. The topological polar surface area (TPSA) is 55.7 Å². The standard InChI is InChI=1S/C13H19FN2O2.ClH/c14-4-3-12(16-7-5-15-6-8-16)11-2-1-10(17)9-13(11)18;/h1-2,9,12,15,17-18H,3-8H2;1H/t12-;/m0./s1. The molecule has 19 heavy (non-hydrogen) atoms. The molecule has 1 aliphatic heterocycles. The third kappa shape index (κ3) is 3.96. The van der Waals surface area contributed by atoms with E-state index in [2.05, 4.69) is 10.2 Å². The van der Waals surface area contributed by atoms with Crippen molar-refractivity contribution in [1.82, 2.24) is 10.2 Å². The van der Waals surface area contributed by atoms with Gasteiger partial charge in [0.15, 0.2) is 0 Å². The third-order valence-corrected chi connectivity index (χ3v) is 3.35. The number of halogens is 2. The van der Waals surface area contributed by atoms with Crippen LogP contribution in [-0.2, 0) is 0 Å². The molecular weight excluding hydrogens is 271 g/mol. The highest BCUT2D eigenvalue weighted by Gasteiger charge is 2.24. The van der Waals surface area contributed by atoms with Gasteiger partial charge in [-0.15, -0.1) is 12.4 Å². The maximum atomic E-state index is 12.7. The van der Waals surface area contributed by atoms with Gasteiger partial charge in [-0.25, -0.2) is 0 Å². The number of nitrogens with zero attached hydrogens (tertiary/aromatic N) is 1. The van der Waals surface area contributed by atoms with Crippen LogP contribution in [0.2, 0.25) is 0 Å². The Kier molecular flexibility index (Phi) is 6.34. The van der Waals surface area contributed by atoms with Crippen LogP contribution in [-0.4, -0.2) is 48.0 Å². The van der Waals surface area contributed by atoms with Gasteiger partial charge < -0.3 is 15.5 Å². The summed E-state index contributed by atoms with van der Waals surface area (Å²) >= 11 is 0. The number of hydrogen-bond donors (Lipinski definition) is 3. The number of nitrogens with one attached hydrogen (secondary N) is 1. The van der Waals surface area contributed by atoms with Crippen LogP contribution >= 0.6 is 12.4 Å². The van der Waals surface area contributed by atoms with Crippen LogP contribution in [0.4, 0.5) is 4.39 Å². The van der Waals surface area contributed by atoms with Gasteiger partial charge in [-0.3, -0.25) is 9.29 Å². The number of alkyl halides is 1. The number of rotatable bonds is 4. The first-order valence-corrected chi connectivity index (χ1v) is 6.25. The molecule has 0 amide bonds. The Balaban J connectivity index is 0.00000180. The predicted molar refractivity (Wildman–Crippen MR) is 74.8 cm³/mol. The fraction of sp³-hybridized carbons (Fsp3) is 0.538. The Hall–Kier alpha value is -1.04. The number of hydrogen-bond acceptors (Lipinski definition) is 4. The van der Waals surface area contributed by atoms with Gasteiger partial charge in [-0.1, -0.05) is 6.07 Å². The molecule has 1 aromatic carbocycles. The van der Waals surface area contributed by atoms with Crippen LogP contribution in [0.1, 0.15) is 18.0 Å². The van der Waals surface area contributed by atoms with E-state index in [0.29, 0.717) is 12.0 Å². The Labute approximate surface area is 118 Å². The van der Waals surface area contributed by atoms with Gasteiger partial charge in [-0.2, -0.15) is 0 Å². The average Bonchev–Trinajstić information content (AvgIpc) is 2.38. The molecule has 4 nitrogen and oxygen atoms in total. The maximum absolute atomic E-state index is 12.7. The summed E-state index contributed by atoms with van der Waals surface area (Å²) in [5.41, 5.74) is 0.687.